The number of hydrogen-bond donors (Lipinski definition) is 2. The zero-order valence-corrected chi connectivity index (χ0v) is 21.0. The molecule has 2 fully saturated rings. The van der Waals surface area contributed by atoms with Crippen LogP contribution in [0.2, 0.25) is 0 Å². The molecule has 0 amide bonds. The lowest BCUT2D eigenvalue weighted by molar-refractivity contribution is 0.0183. The third kappa shape index (κ3) is 6.87. The van der Waals surface area contributed by atoms with Crippen LogP contribution in [-0.4, -0.2) is 66.6 Å². The molecule has 2 aromatic rings. The molecule has 0 bridgehead atoms. The van der Waals surface area contributed by atoms with Gasteiger partial charge in [0.05, 0.1) is 29.9 Å². The zero-order chi connectivity index (χ0) is 25.4. The monoisotopic (exact) mass is 498 g/mol. The Labute approximate surface area is 211 Å². The second kappa shape index (κ2) is 12.4. The Morgan fingerprint density at radius 2 is 1.97 bits per heavy atom. The Bertz CT molecular complexity index is 1030. The molecule has 2 N–H and O–H groups in total. The molecular formula is C26H35FN6O3. The Hall–Kier alpha value is -2.87. The van der Waals surface area contributed by atoms with Crippen LogP contribution < -0.4 is 15.4 Å². The number of methoxy groups -OCH3 is 1. The normalized spacial score (nSPS) is 22.4. The maximum Gasteiger partial charge on any atom is 0.216 e. The number of nitriles is 1. The number of pyridine rings is 1. The number of halogens is 1. The number of ether oxygens (including phenoxy) is 3. The Morgan fingerprint density at radius 3 is 2.69 bits per heavy atom. The van der Waals surface area contributed by atoms with E-state index in [-0.39, 0.29) is 24.0 Å². The van der Waals surface area contributed by atoms with Crippen LogP contribution >= 0.6 is 0 Å². The molecule has 2 aliphatic rings. The average Bonchev–Trinajstić information content (AvgIpc) is 2.90. The minimum absolute atomic E-state index is 0.205. The van der Waals surface area contributed by atoms with Crippen molar-refractivity contribution in [1.82, 2.24) is 20.3 Å². The highest BCUT2D eigenvalue weighted by Crippen LogP contribution is 2.31. The van der Waals surface area contributed by atoms with E-state index in [0.29, 0.717) is 56.4 Å². The van der Waals surface area contributed by atoms with Gasteiger partial charge in [0.2, 0.25) is 5.88 Å². The van der Waals surface area contributed by atoms with E-state index in [4.69, 9.17) is 14.2 Å². The van der Waals surface area contributed by atoms with Gasteiger partial charge < -0.3 is 24.8 Å². The molecule has 1 atom stereocenters. The molecule has 4 rings (SSSR count). The summed E-state index contributed by atoms with van der Waals surface area (Å²) in [6, 6.07) is 6.71. The molecule has 36 heavy (non-hydrogen) atoms. The van der Waals surface area contributed by atoms with E-state index in [1.807, 2.05) is 0 Å². The molecule has 2 aromatic heterocycles. The standard InChI is InChI=1S/C26H35FN6O3/c1-18(15-34-2)31-19-3-5-20(6-4-19)32-23-13-21(22(27)14-30-23)25-29-10-7-24(33-25)36-17-26(16-28)8-11-35-12-9-26/h7,10,13-14,18-20,31H,3-6,8-9,11-12,15,17H2,1-2H3,(H,30,32)/t18-,19?,20?/m0/s1. The minimum Gasteiger partial charge on any atom is -0.476 e. The van der Waals surface area contributed by atoms with Gasteiger partial charge in [-0.25, -0.2) is 14.4 Å². The molecule has 1 aliphatic heterocycles. The summed E-state index contributed by atoms with van der Waals surface area (Å²) in [6.07, 6.45) is 8.05. The smallest absolute Gasteiger partial charge is 0.216 e. The number of nitrogens with one attached hydrogen (secondary N) is 2. The lowest BCUT2D eigenvalue weighted by Crippen LogP contribution is -2.42. The van der Waals surface area contributed by atoms with Crippen LogP contribution in [0.4, 0.5) is 10.2 Å². The van der Waals surface area contributed by atoms with Crippen molar-refractivity contribution in [2.24, 2.45) is 5.41 Å². The number of aromatic nitrogens is 3. The average molecular weight is 499 g/mol. The summed E-state index contributed by atoms with van der Waals surface area (Å²) < 4.78 is 31.1. The van der Waals surface area contributed by atoms with Gasteiger partial charge >= 0.3 is 0 Å². The second-order valence-corrected chi connectivity index (χ2v) is 9.78. The molecule has 9 nitrogen and oxygen atoms in total. The van der Waals surface area contributed by atoms with E-state index in [0.717, 1.165) is 25.7 Å². The van der Waals surface area contributed by atoms with Crippen molar-refractivity contribution in [2.75, 3.05) is 38.9 Å². The van der Waals surface area contributed by atoms with Crippen LogP contribution in [0.25, 0.3) is 11.4 Å². The third-order valence-corrected chi connectivity index (χ3v) is 6.93. The van der Waals surface area contributed by atoms with Gasteiger partial charge in [0.1, 0.15) is 12.4 Å². The summed E-state index contributed by atoms with van der Waals surface area (Å²) in [5, 5.41) is 16.7. The maximum atomic E-state index is 14.7. The zero-order valence-electron chi connectivity index (χ0n) is 21.0. The molecule has 194 valence electrons. The van der Waals surface area contributed by atoms with Crippen LogP contribution in [0.15, 0.2) is 24.5 Å². The quantitative estimate of drug-likeness (QED) is 0.506. The van der Waals surface area contributed by atoms with E-state index in [2.05, 4.69) is 38.6 Å². The molecule has 0 radical (unpaired) electrons. The molecular weight excluding hydrogens is 463 g/mol. The van der Waals surface area contributed by atoms with Crippen molar-refractivity contribution in [3.63, 3.8) is 0 Å². The fourth-order valence-electron chi connectivity index (χ4n) is 4.82. The predicted molar refractivity (Wildman–Crippen MR) is 133 cm³/mol. The fraction of sp³-hybridized carbons (Fsp3) is 0.615. The van der Waals surface area contributed by atoms with Crippen molar-refractivity contribution in [3.8, 4) is 23.3 Å². The summed E-state index contributed by atoms with van der Waals surface area (Å²) in [6.45, 7) is 4.11. The van der Waals surface area contributed by atoms with Gasteiger partial charge in [0.15, 0.2) is 11.6 Å². The summed E-state index contributed by atoms with van der Waals surface area (Å²) in [5.74, 6) is 0.612. The summed E-state index contributed by atoms with van der Waals surface area (Å²) >= 11 is 0. The molecule has 0 spiro atoms. The van der Waals surface area contributed by atoms with Gasteiger partial charge in [-0.3, -0.25) is 0 Å². The van der Waals surface area contributed by atoms with Crippen molar-refractivity contribution >= 4 is 5.82 Å². The van der Waals surface area contributed by atoms with E-state index in [1.165, 1.54) is 12.4 Å². The highest BCUT2D eigenvalue weighted by Gasteiger charge is 2.34. The van der Waals surface area contributed by atoms with Gasteiger partial charge in [-0.2, -0.15) is 10.2 Å². The lowest BCUT2D eigenvalue weighted by Gasteiger charge is -2.31. The number of hydrogen-bond acceptors (Lipinski definition) is 9. The van der Waals surface area contributed by atoms with Gasteiger partial charge in [-0.05, 0) is 51.5 Å². The van der Waals surface area contributed by atoms with Crippen LogP contribution in [0.3, 0.4) is 0 Å². The van der Waals surface area contributed by atoms with E-state index < -0.39 is 11.2 Å². The first-order valence-electron chi connectivity index (χ1n) is 12.6. The first kappa shape index (κ1) is 26.2. The predicted octanol–water partition coefficient (Wildman–Crippen LogP) is 3.72. The van der Waals surface area contributed by atoms with E-state index in [1.54, 1.807) is 19.2 Å². The van der Waals surface area contributed by atoms with Crippen molar-refractivity contribution < 1.29 is 18.6 Å². The van der Waals surface area contributed by atoms with Crippen molar-refractivity contribution in [2.45, 2.75) is 63.6 Å². The van der Waals surface area contributed by atoms with Crippen molar-refractivity contribution in [1.29, 1.82) is 5.26 Å². The van der Waals surface area contributed by atoms with E-state index >= 15 is 0 Å². The maximum absolute atomic E-state index is 14.7. The Balaban J connectivity index is 1.37. The SMILES string of the molecule is COC[C@H](C)NC1CCC(Nc2cc(-c3nccc(OCC4(C#N)CCOCC4)n3)c(F)cn2)CC1. The van der Waals surface area contributed by atoms with Gasteiger partial charge in [-0.15, -0.1) is 0 Å². The third-order valence-electron chi connectivity index (χ3n) is 6.93. The van der Waals surface area contributed by atoms with Crippen molar-refractivity contribution in [3.05, 3.63) is 30.3 Å². The topological polar surface area (TPSA) is 114 Å². The Morgan fingerprint density at radius 1 is 1.22 bits per heavy atom. The van der Waals surface area contributed by atoms with Crippen LogP contribution in [0.5, 0.6) is 5.88 Å². The highest BCUT2D eigenvalue weighted by atomic mass is 19.1. The number of rotatable bonds is 10. The largest absolute Gasteiger partial charge is 0.476 e. The molecule has 10 heteroatoms. The van der Waals surface area contributed by atoms with Crippen LogP contribution in [0, 0.1) is 22.6 Å². The lowest BCUT2D eigenvalue weighted by atomic mass is 9.83. The molecule has 1 aliphatic carbocycles. The summed E-state index contributed by atoms with van der Waals surface area (Å²) in [4.78, 5) is 12.9. The minimum atomic E-state index is -0.598. The molecule has 0 unspecified atom stereocenters. The first-order chi connectivity index (χ1) is 17.5. The summed E-state index contributed by atoms with van der Waals surface area (Å²) in [7, 11) is 1.72. The van der Waals surface area contributed by atoms with Crippen LogP contribution in [-0.2, 0) is 9.47 Å². The molecule has 0 aromatic carbocycles. The van der Waals surface area contributed by atoms with Gasteiger partial charge in [-0.1, -0.05) is 0 Å². The van der Waals surface area contributed by atoms with E-state index in [9.17, 15) is 9.65 Å². The Kier molecular flexibility index (Phi) is 9.02. The molecule has 1 saturated heterocycles. The fourth-order valence-corrected chi connectivity index (χ4v) is 4.82. The molecule has 3 heterocycles. The first-order valence-corrected chi connectivity index (χ1v) is 12.6. The number of anilines is 1. The number of nitrogens with zero attached hydrogens (tertiary/aromatic N) is 4. The second-order valence-electron chi connectivity index (χ2n) is 9.78. The highest BCUT2D eigenvalue weighted by molar-refractivity contribution is 5.60. The van der Waals surface area contributed by atoms with Gasteiger partial charge in [0, 0.05) is 50.7 Å². The van der Waals surface area contributed by atoms with Crippen LogP contribution in [0.1, 0.15) is 45.4 Å². The molecule has 1 saturated carbocycles. The van der Waals surface area contributed by atoms with Gasteiger partial charge in [0.25, 0.3) is 0 Å². The summed E-state index contributed by atoms with van der Waals surface area (Å²) in [5.41, 5.74) is -0.346.